The molecule has 18 heavy (non-hydrogen) atoms. The van der Waals surface area contributed by atoms with Gasteiger partial charge >= 0.3 is 0 Å². The Morgan fingerprint density at radius 2 is 2.06 bits per heavy atom. The summed E-state index contributed by atoms with van der Waals surface area (Å²) in [4.78, 5) is 14.1. The van der Waals surface area contributed by atoms with Crippen molar-refractivity contribution in [2.45, 2.75) is 52.1 Å². The Morgan fingerprint density at radius 3 is 2.56 bits per heavy atom. The molecule has 0 spiro atoms. The van der Waals surface area contributed by atoms with Gasteiger partial charge in [-0.25, -0.2) is 0 Å². The summed E-state index contributed by atoms with van der Waals surface area (Å²) in [5.74, 6) is 0.830. The van der Waals surface area contributed by atoms with Crippen LogP contribution in [0.2, 0.25) is 0 Å². The standard InChI is InChI=1S/C13H27N3O.ClH/c1-10-5-6-16(11(7-10)8-14)9-12(17)15-13(2,3)4;/h10-11H,5-9,14H2,1-4H3,(H,15,17);1H. The van der Waals surface area contributed by atoms with Crippen LogP contribution in [0.25, 0.3) is 0 Å². The third-order valence-corrected chi connectivity index (χ3v) is 3.23. The molecule has 0 saturated carbocycles. The summed E-state index contributed by atoms with van der Waals surface area (Å²) in [6.45, 7) is 10.4. The number of halogens is 1. The number of hydrogen-bond donors (Lipinski definition) is 2. The average molecular weight is 278 g/mol. The highest BCUT2D eigenvalue weighted by atomic mass is 35.5. The van der Waals surface area contributed by atoms with Gasteiger partial charge in [0.05, 0.1) is 6.54 Å². The minimum atomic E-state index is -0.154. The zero-order valence-electron chi connectivity index (χ0n) is 12.0. The molecule has 1 heterocycles. The quantitative estimate of drug-likeness (QED) is 0.819. The van der Waals surface area contributed by atoms with Crippen molar-refractivity contribution >= 4 is 18.3 Å². The number of amides is 1. The lowest BCUT2D eigenvalue weighted by Gasteiger charge is -2.38. The van der Waals surface area contributed by atoms with Gasteiger partial charge in [-0.3, -0.25) is 9.69 Å². The molecule has 4 nitrogen and oxygen atoms in total. The molecule has 0 aromatic heterocycles. The highest BCUT2D eigenvalue weighted by Crippen LogP contribution is 2.21. The van der Waals surface area contributed by atoms with Crippen LogP contribution in [0.3, 0.4) is 0 Å². The van der Waals surface area contributed by atoms with Gasteiger partial charge in [0.15, 0.2) is 0 Å². The smallest absolute Gasteiger partial charge is 0.234 e. The van der Waals surface area contributed by atoms with E-state index in [9.17, 15) is 4.79 Å². The lowest BCUT2D eigenvalue weighted by atomic mass is 9.92. The Bertz CT molecular complexity index is 265. The summed E-state index contributed by atoms with van der Waals surface area (Å²) in [6.07, 6.45) is 2.28. The van der Waals surface area contributed by atoms with E-state index in [4.69, 9.17) is 5.73 Å². The summed E-state index contributed by atoms with van der Waals surface area (Å²) in [7, 11) is 0. The van der Waals surface area contributed by atoms with E-state index in [-0.39, 0.29) is 23.9 Å². The molecule has 2 unspecified atom stereocenters. The number of piperidine rings is 1. The Kier molecular flexibility index (Phi) is 7.18. The van der Waals surface area contributed by atoms with E-state index in [0.717, 1.165) is 18.9 Å². The van der Waals surface area contributed by atoms with Gasteiger partial charge < -0.3 is 11.1 Å². The van der Waals surface area contributed by atoms with E-state index in [1.807, 2.05) is 20.8 Å². The number of carbonyl (C=O) groups excluding carboxylic acids is 1. The molecular weight excluding hydrogens is 250 g/mol. The topological polar surface area (TPSA) is 58.4 Å². The van der Waals surface area contributed by atoms with E-state index in [1.165, 1.54) is 6.42 Å². The first-order valence-corrected chi connectivity index (χ1v) is 6.57. The number of carbonyl (C=O) groups is 1. The number of likely N-dealkylation sites (tertiary alicyclic amines) is 1. The number of nitrogens with two attached hydrogens (primary N) is 1. The molecule has 1 saturated heterocycles. The second-order valence-electron chi connectivity index (χ2n) is 6.29. The van der Waals surface area contributed by atoms with Crippen molar-refractivity contribution in [2.24, 2.45) is 11.7 Å². The molecule has 1 aliphatic rings. The van der Waals surface area contributed by atoms with Crippen LogP contribution in [-0.4, -0.2) is 42.0 Å². The molecular formula is C13H28ClN3O. The number of rotatable bonds is 3. The Hall–Kier alpha value is -0.320. The van der Waals surface area contributed by atoms with E-state index in [2.05, 4.69) is 17.1 Å². The van der Waals surface area contributed by atoms with Crippen LogP contribution in [0.1, 0.15) is 40.5 Å². The molecule has 0 bridgehead atoms. The molecule has 3 N–H and O–H groups in total. The predicted octanol–water partition coefficient (Wildman–Crippen LogP) is 1.38. The van der Waals surface area contributed by atoms with E-state index in [0.29, 0.717) is 19.1 Å². The van der Waals surface area contributed by atoms with Crippen molar-refractivity contribution in [2.75, 3.05) is 19.6 Å². The summed E-state index contributed by atoms with van der Waals surface area (Å²) in [5.41, 5.74) is 5.63. The lowest BCUT2D eigenvalue weighted by Crippen LogP contribution is -2.52. The van der Waals surface area contributed by atoms with Gasteiger partial charge in [-0.15, -0.1) is 12.4 Å². The zero-order valence-corrected chi connectivity index (χ0v) is 12.8. The van der Waals surface area contributed by atoms with Gasteiger partial charge in [0.25, 0.3) is 0 Å². The molecule has 1 amide bonds. The molecule has 5 heteroatoms. The fourth-order valence-corrected chi connectivity index (χ4v) is 2.40. The van der Waals surface area contributed by atoms with Crippen LogP contribution in [0.5, 0.6) is 0 Å². The minimum absolute atomic E-state index is 0. The summed E-state index contributed by atoms with van der Waals surface area (Å²) < 4.78 is 0. The maximum atomic E-state index is 11.9. The summed E-state index contributed by atoms with van der Waals surface area (Å²) in [5, 5.41) is 3.00. The monoisotopic (exact) mass is 277 g/mol. The van der Waals surface area contributed by atoms with Gasteiger partial charge in [-0.1, -0.05) is 6.92 Å². The second-order valence-corrected chi connectivity index (χ2v) is 6.29. The molecule has 1 fully saturated rings. The van der Waals surface area contributed by atoms with Crippen molar-refractivity contribution in [3.05, 3.63) is 0 Å². The van der Waals surface area contributed by atoms with Crippen LogP contribution in [0, 0.1) is 5.92 Å². The molecule has 0 aliphatic carbocycles. The summed E-state index contributed by atoms with van der Waals surface area (Å²) >= 11 is 0. The van der Waals surface area contributed by atoms with E-state index >= 15 is 0 Å². The third kappa shape index (κ3) is 6.03. The first-order valence-electron chi connectivity index (χ1n) is 6.57. The molecule has 1 aliphatic heterocycles. The molecule has 0 aromatic rings. The normalized spacial score (nSPS) is 25.4. The van der Waals surface area contributed by atoms with E-state index < -0.39 is 0 Å². The Morgan fingerprint density at radius 1 is 1.44 bits per heavy atom. The highest BCUT2D eigenvalue weighted by molar-refractivity contribution is 5.85. The average Bonchev–Trinajstić information content (AvgIpc) is 2.17. The third-order valence-electron chi connectivity index (χ3n) is 3.23. The van der Waals surface area contributed by atoms with Gasteiger partial charge in [-0.2, -0.15) is 0 Å². The van der Waals surface area contributed by atoms with Crippen molar-refractivity contribution in [1.82, 2.24) is 10.2 Å². The summed E-state index contributed by atoms with van der Waals surface area (Å²) in [6, 6.07) is 0.365. The predicted molar refractivity (Wildman–Crippen MR) is 78.0 cm³/mol. The fourth-order valence-electron chi connectivity index (χ4n) is 2.40. The van der Waals surface area contributed by atoms with Gasteiger partial charge in [0.1, 0.15) is 0 Å². The molecule has 108 valence electrons. The Balaban J connectivity index is 0.00000289. The number of nitrogens with zero attached hydrogens (tertiary/aromatic N) is 1. The van der Waals surface area contributed by atoms with Crippen LogP contribution in [-0.2, 0) is 4.79 Å². The number of hydrogen-bond acceptors (Lipinski definition) is 3. The van der Waals surface area contributed by atoms with Crippen molar-refractivity contribution in [3.63, 3.8) is 0 Å². The van der Waals surface area contributed by atoms with Crippen molar-refractivity contribution in [1.29, 1.82) is 0 Å². The fraction of sp³-hybridized carbons (Fsp3) is 0.923. The zero-order chi connectivity index (χ0) is 13.1. The Labute approximate surface area is 117 Å². The van der Waals surface area contributed by atoms with Gasteiger partial charge in [0.2, 0.25) is 5.91 Å². The maximum Gasteiger partial charge on any atom is 0.234 e. The van der Waals surface area contributed by atoms with Crippen LogP contribution in [0.4, 0.5) is 0 Å². The minimum Gasteiger partial charge on any atom is -0.350 e. The largest absolute Gasteiger partial charge is 0.350 e. The van der Waals surface area contributed by atoms with Gasteiger partial charge in [-0.05, 0) is 46.1 Å². The first kappa shape index (κ1) is 17.7. The highest BCUT2D eigenvalue weighted by Gasteiger charge is 2.27. The SMILES string of the molecule is CC1CCN(CC(=O)NC(C)(C)C)C(CN)C1.Cl. The van der Waals surface area contributed by atoms with Crippen molar-refractivity contribution < 1.29 is 4.79 Å². The lowest BCUT2D eigenvalue weighted by molar-refractivity contribution is -0.124. The van der Waals surface area contributed by atoms with E-state index in [1.54, 1.807) is 0 Å². The number of nitrogens with one attached hydrogen (secondary N) is 1. The molecule has 0 radical (unpaired) electrons. The van der Waals surface area contributed by atoms with Crippen LogP contribution >= 0.6 is 12.4 Å². The first-order chi connectivity index (χ1) is 7.81. The molecule has 0 aromatic carbocycles. The van der Waals surface area contributed by atoms with Crippen molar-refractivity contribution in [3.8, 4) is 0 Å². The second kappa shape index (κ2) is 7.31. The molecule has 2 atom stereocenters. The van der Waals surface area contributed by atoms with Gasteiger partial charge in [0, 0.05) is 18.1 Å². The van der Waals surface area contributed by atoms with Crippen LogP contribution in [0.15, 0.2) is 0 Å². The molecule has 1 rings (SSSR count). The van der Waals surface area contributed by atoms with Crippen LogP contribution < -0.4 is 11.1 Å². The maximum absolute atomic E-state index is 11.9.